The van der Waals surface area contributed by atoms with Gasteiger partial charge in [0.15, 0.2) is 0 Å². The van der Waals surface area contributed by atoms with Crippen LogP contribution in [-0.4, -0.2) is 132 Å². The minimum absolute atomic E-state index is 0. The van der Waals surface area contributed by atoms with E-state index in [1.807, 2.05) is 0 Å². The van der Waals surface area contributed by atoms with Crippen molar-refractivity contribution in [1.82, 2.24) is 0 Å². The number of rotatable bonds is 20. The average molecular weight is 1040 g/mol. The van der Waals surface area contributed by atoms with E-state index >= 15 is 0 Å². The second-order valence-electron chi connectivity index (χ2n) is 6.84. The molecule has 7 N–H and O–H groups in total. The van der Waals surface area contributed by atoms with Gasteiger partial charge in [-0.1, -0.05) is 0 Å². The SMILES string of the molecule is [CH2-]OCC(O)CCOCC(O)COCCC(O)CO[CH2-].[CH2-]OCC(O)CO.[CH2-]OCC(O)CO.[Rf].[Rf]. The molecule has 15 heteroatoms. The molecule has 36 heavy (non-hydrogen) atoms. The number of hydrogen-bond acceptors (Lipinski definition) is 13. The first kappa shape index (κ1) is 43.5. The molecule has 0 aliphatic heterocycles. The zero-order chi connectivity index (χ0) is 26.6. The van der Waals surface area contributed by atoms with Gasteiger partial charge in [0, 0.05) is 39.6 Å². The van der Waals surface area contributed by atoms with E-state index in [9.17, 15) is 15.3 Å². The molecule has 0 rings (SSSR count). The fourth-order valence-electron chi connectivity index (χ4n) is 1.74. The zero-order valence-corrected chi connectivity index (χ0v) is 34.0. The van der Waals surface area contributed by atoms with Gasteiger partial charge < -0.3 is 64.2 Å². The third-order valence-electron chi connectivity index (χ3n) is 3.47. The summed E-state index contributed by atoms with van der Waals surface area (Å²) in [7, 11) is 12.3. The molecule has 0 spiro atoms. The minimum Gasteiger partial charge on any atom is -0.553 e. The molecule has 0 saturated heterocycles. The van der Waals surface area contributed by atoms with Crippen LogP contribution in [0.5, 0.6) is 0 Å². The van der Waals surface area contributed by atoms with E-state index in [0.717, 1.165) is 0 Å². The Bertz CT molecular complexity index is 345. The molecular formula is C21H44O13Rf2-4. The predicted molar refractivity (Wildman–Crippen MR) is 120 cm³/mol. The Labute approximate surface area is 202 Å². The van der Waals surface area contributed by atoms with E-state index in [0.29, 0.717) is 26.1 Å². The average Bonchev–Trinajstić information content (AvgIpc) is 2.81. The molecule has 0 fully saturated rings. The quantitative estimate of drug-likeness (QED) is 0.0514. The molecule has 4 atom stereocenters. The van der Waals surface area contributed by atoms with Gasteiger partial charge in [0.05, 0.1) is 50.8 Å². The summed E-state index contributed by atoms with van der Waals surface area (Å²) >= 11 is 0. The minimum atomic E-state index is -0.780. The Morgan fingerprint density at radius 1 is 0.444 bits per heavy atom. The standard InChI is InChI=1S/C13H26O7.2C4H9O3.2Rf/c1-17-7-11(14)3-5-19-9-13(16)10-20-6-4-12(15)8-18-2;2*1-7-3-4(6)2-5;;/h11-16H,1-10H2;2*4-6H,1-3H2;;/q-2;2*-1;;. The van der Waals surface area contributed by atoms with Gasteiger partial charge >= 0.3 is 0 Å². The number of hydrogen-bond donors (Lipinski definition) is 7. The predicted octanol–water partition coefficient (Wildman–Crippen LogP) is -2.21. The van der Waals surface area contributed by atoms with Gasteiger partial charge in [-0.2, -0.15) is 0 Å². The van der Waals surface area contributed by atoms with Crippen LogP contribution in [0, 0.1) is 28.4 Å². The second kappa shape index (κ2) is 34.6. The Morgan fingerprint density at radius 3 is 0.944 bits per heavy atom. The van der Waals surface area contributed by atoms with Crippen LogP contribution in [0.15, 0.2) is 0 Å². The van der Waals surface area contributed by atoms with Crippen molar-refractivity contribution < 1.29 is 64.2 Å². The van der Waals surface area contributed by atoms with Crippen molar-refractivity contribution in [2.75, 3.05) is 66.1 Å². The summed E-state index contributed by atoms with van der Waals surface area (Å²) in [6, 6.07) is 0. The van der Waals surface area contributed by atoms with Crippen molar-refractivity contribution in [3.05, 3.63) is 28.4 Å². The molecule has 0 heterocycles. The molecule has 0 saturated carbocycles. The maximum absolute atomic E-state index is 9.54. The summed E-state index contributed by atoms with van der Waals surface area (Å²) in [5.41, 5.74) is 0. The third-order valence-corrected chi connectivity index (χ3v) is 3.47. The van der Waals surface area contributed by atoms with Crippen LogP contribution < -0.4 is 0 Å². The first-order valence-electron chi connectivity index (χ1n) is 10.5. The summed E-state index contributed by atoms with van der Waals surface area (Å²) < 4.78 is 27.9. The number of aliphatic hydroxyl groups excluding tert-OH is 7. The summed E-state index contributed by atoms with van der Waals surface area (Å²) in [4.78, 5) is 0. The van der Waals surface area contributed by atoms with Crippen LogP contribution >= 0.6 is 0 Å². The van der Waals surface area contributed by atoms with E-state index in [1.165, 1.54) is 0 Å². The maximum atomic E-state index is 9.54. The van der Waals surface area contributed by atoms with E-state index < -0.39 is 30.5 Å². The molecule has 0 aromatic rings. The van der Waals surface area contributed by atoms with Crippen LogP contribution in [0.1, 0.15) is 12.8 Å². The maximum Gasteiger partial charge on any atom is 0.101 e. The van der Waals surface area contributed by atoms with Gasteiger partial charge in [0.25, 0.3) is 0 Å². The smallest absolute Gasteiger partial charge is 0.101 e. The van der Waals surface area contributed by atoms with Gasteiger partial charge in [-0.05, 0) is 12.8 Å². The Balaban J connectivity index is -0.000000165. The Morgan fingerprint density at radius 2 is 0.722 bits per heavy atom. The fourth-order valence-corrected chi connectivity index (χ4v) is 1.74. The fraction of sp³-hybridized carbons (Fsp3) is 0.810. The van der Waals surface area contributed by atoms with Crippen LogP contribution in [0.3, 0.4) is 0 Å². The van der Waals surface area contributed by atoms with Crippen molar-refractivity contribution in [1.29, 1.82) is 0 Å². The molecular weight excluding hydrogens is 994 g/mol. The molecule has 0 bridgehead atoms. The van der Waals surface area contributed by atoms with Crippen molar-refractivity contribution in [3.63, 3.8) is 0 Å². The molecule has 0 aliphatic rings. The van der Waals surface area contributed by atoms with Crippen molar-refractivity contribution in [3.8, 4) is 0 Å². The third kappa shape index (κ3) is 38.7. The molecule has 13 nitrogen and oxygen atoms in total. The van der Waals surface area contributed by atoms with Crippen LogP contribution in [0.2, 0.25) is 0 Å². The van der Waals surface area contributed by atoms with Crippen molar-refractivity contribution in [2.24, 2.45) is 0 Å². The van der Waals surface area contributed by atoms with E-state index in [4.69, 9.17) is 29.9 Å². The normalized spacial score (nSPS) is 14.4. The topological polar surface area (TPSA) is 197 Å². The van der Waals surface area contributed by atoms with Gasteiger partial charge in [-0.25, -0.2) is 28.4 Å². The van der Waals surface area contributed by atoms with E-state index in [1.54, 1.807) is 0 Å². The van der Waals surface area contributed by atoms with Crippen molar-refractivity contribution >= 4 is 0 Å². The van der Waals surface area contributed by atoms with Crippen LogP contribution in [-0.2, 0) is 28.4 Å². The van der Waals surface area contributed by atoms with Crippen LogP contribution in [0.4, 0.5) is 0 Å². The molecule has 0 aromatic heterocycles. The van der Waals surface area contributed by atoms with Gasteiger partial charge in [0.1, 0.15) is 6.10 Å². The van der Waals surface area contributed by atoms with E-state index in [2.05, 4.69) is 47.4 Å². The molecule has 0 aliphatic carbocycles. The second-order valence-corrected chi connectivity index (χ2v) is 6.84. The monoisotopic (exact) mass is 1040 g/mol. The summed E-state index contributed by atoms with van der Waals surface area (Å²) in [5, 5.41) is 61.3. The van der Waals surface area contributed by atoms with Gasteiger partial charge in [0.2, 0.25) is 0 Å². The van der Waals surface area contributed by atoms with Gasteiger partial charge in [-0.3, -0.25) is 0 Å². The molecule has 214 valence electrons. The zero-order valence-electron chi connectivity index (χ0n) is 21.2. The van der Waals surface area contributed by atoms with Crippen LogP contribution in [0.25, 0.3) is 0 Å². The molecule has 4 unspecified atom stereocenters. The number of aliphatic hydroxyl groups is 7. The largest absolute Gasteiger partial charge is 0.553 e. The first-order chi connectivity index (χ1) is 16.2. The summed E-state index contributed by atoms with van der Waals surface area (Å²) in [6.45, 7) is 0.869. The number of ether oxygens (including phenoxy) is 6. The van der Waals surface area contributed by atoms with Crippen molar-refractivity contribution in [2.45, 2.75) is 43.4 Å². The van der Waals surface area contributed by atoms with Gasteiger partial charge in [-0.15, -0.1) is 0 Å². The Hall–Kier alpha value is -2.52. The molecule has 0 radical (unpaired) electrons. The first-order valence-corrected chi connectivity index (χ1v) is 10.5. The van der Waals surface area contributed by atoms with E-state index in [-0.39, 0.29) is 52.9 Å². The molecule has 0 aromatic carbocycles. The summed E-state index contributed by atoms with van der Waals surface area (Å²) in [6.07, 6.45) is -2.69. The Kier molecular flexibility index (Phi) is 41.9. The molecule has 0 amide bonds. The summed E-state index contributed by atoms with van der Waals surface area (Å²) in [5.74, 6) is 0.